The van der Waals surface area contributed by atoms with Crippen molar-refractivity contribution < 1.29 is 5.11 Å². The van der Waals surface area contributed by atoms with Gasteiger partial charge in [0, 0.05) is 8.95 Å². The lowest BCUT2D eigenvalue weighted by atomic mass is 10.2. The van der Waals surface area contributed by atoms with Gasteiger partial charge in [0.2, 0.25) is 0 Å². The van der Waals surface area contributed by atoms with Crippen LogP contribution in [0.25, 0.3) is 10.9 Å². The van der Waals surface area contributed by atoms with Crippen molar-refractivity contribution in [1.82, 2.24) is 9.66 Å². The van der Waals surface area contributed by atoms with Crippen molar-refractivity contribution in [3.8, 4) is 5.75 Å². The Balaban J connectivity index is 2.14. The minimum atomic E-state index is -0.253. The van der Waals surface area contributed by atoms with Crippen LogP contribution < -0.4 is 5.56 Å². The van der Waals surface area contributed by atoms with Gasteiger partial charge in [-0.05, 0) is 47.1 Å². The molecule has 0 bridgehead atoms. The number of rotatable bonds is 2. The number of aryl methyl sites for hydroxylation is 1. The summed E-state index contributed by atoms with van der Waals surface area (Å²) in [6.07, 6.45) is 1.43. The molecule has 0 saturated heterocycles. The predicted molar refractivity (Wildman–Crippen MR) is 97.2 cm³/mol. The first kappa shape index (κ1) is 15.9. The van der Waals surface area contributed by atoms with E-state index < -0.39 is 0 Å². The summed E-state index contributed by atoms with van der Waals surface area (Å²) in [4.78, 5) is 16.9. The number of nitrogens with zero attached hydrogens (tertiary/aromatic N) is 3. The first-order valence-electron chi connectivity index (χ1n) is 6.68. The molecule has 5 nitrogen and oxygen atoms in total. The lowest BCUT2D eigenvalue weighted by Gasteiger charge is -2.06. The molecule has 0 unspecified atom stereocenters. The van der Waals surface area contributed by atoms with Gasteiger partial charge in [-0.1, -0.05) is 28.1 Å². The Morgan fingerprint density at radius 1 is 1.26 bits per heavy atom. The van der Waals surface area contributed by atoms with Crippen LogP contribution >= 0.6 is 31.9 Å². The average Bonchev–Trinajstić information content (AvgIpc) is 2.49. The number of para-hydroxylation sites is 1. The molecule has 0 amide bonds. The molecule has 0 atom stereocenters. The Bertz CT molecular complexity index is 973. The van der Waals surface area contributed by atoms with Crippen LogP contribution in [0.4, 0.5) is 0 Å². The van der Waals surface area contributed by atoms with Crippen LogP contribution in [0.15, 0.2) is 55.2 Å². The second kappa shape index (κ2) is 6.25. The lowest BCUT2D eigenvalue weighted by molar-refractivity contribution is 0.473. The molecular weight excluding hydrogens is 426 g/mol. The third-order valence-electron chi connectivity index (χ3n) is 3.29. The highest BCUT2D eigenvalue weighted by Gasteiger charge is 2.08. The van der Waals surface area contributed by atoms with E-state index >= 15 is 0 Å². The molecule has 116 valence electrons. The summed E-state index contributed by atoms with van der Waals surface area (Å²) in [6.45, 7) is 1.71. The van der Waals surface area contributed by atoms with Crippen molar-refractivity contribution in [2.45, 2.75) is 6.92 Å². The van der Waals surface area contributed by atoms with Gasteiger partial charge in [0.25, 0.3) is 5.56 Å². The Hall–Kier alpha value is -1.99. The molecule has 0 fully saturated rings. The molecule has 1 aromatic heterocycles. The molecule has 1 N–H and O–H groups in total. The number of aromatic nitrogens is 2. The second-order valence-corrected chi connectivity index (χ2v) is 6.63. The maximum Gasteiger partial charge on any atom is 0.282 e. The van der Waals surface area contributed by atoms with Gasteiger partial charge in [-0.25, -0.2) is 4.98 Å². The molecule has 2 aromatic carbocycles. The molecule has 1 heterocycles. The number of halogens is 2. The molecule has 0 aliphatic heterocycles. The first-order chi connectivity index (χ1) is 11.0. The quantitative estimate of drug-likeness (QED) is 0.621. The van der Waals surface area contributed by atoms with E-state index in [2.05, 4.69) is 41.9 Å². The number of phenolic OH excluding ortho intramolecular Hbond substituents is 1. The van der Waals surface area contributed by atoms with E-state index in [1.807, 2.05) is 6.07 Å². The molecule has 0 aliphatic rings. The first-order valence-corrected chi connectivity index (χ1v) is 8.27. The van der Waals surface area contributed by atoms with Crippen LogP contribution in [-0.4, -0.2) is 21.0 Å². The Morgan fingerprint density at radius 3 is 2.74 bits per heavy atom. The summed E-state index contributed by atoms with van der Waals surface area (Å²) in [7, 11) is 0. The van der Waals surface area contributed by atoms with E-state index in [0.717, 1.165) is 4.47 Å². The smallest absolute Gasteiger partial charge is 0.282 e. The number of phenols is 1. The fourth-order valence-electron chi connectivity index (χ4n) is 2.19. The zero-order valence-corrected chi connectivity index (χ0v) is 15.2. The maximum absolute atomic E-state index is 12.5. The van der Waals surface area contributed by atoms with E-state index in [1.165, 1.54) is 10.9 Å². The average molecular weight is 437 g/mol. The normalized spacial score (nSPS) is 11.4. The molecule has 7 heteroatoms. The van der Waals surface area contributed by atoms with Gasteiger partial charge in [-0.3, -0.25) is 4.79 Å². The molecule has 3 rings (SSSR count). The van der Waals surface area contributed by atoms with Gasteiger partial charge in [0.05, 0.1) is 22.7 Å². The van der Waals surface area contributed by atoms with Crippen molar-refractivity contribution in [3.05, 3.63) is 67.1 Å². The van der Waals surface area contributed by atoms with Crippen molar-refractivity contribution >= 4 is 49.0 Å². The molecule has 0 radical (unpaired) electrons. The summed E-state index contributed by atoms with van der Waals surface area (Å²) in [5, 5.41) is 14.7. The number of aromatic hydroxyl groups is 1. The standard InChI is InChI=1S/C16H11Br2N3O2/c1-9-20-14-5-3-2-4-11(14)16(23)21(9)19-8-12-13(18)6-10(17)7-15(12)22/h2-8,22H,1H3/b19-8+. The zero-order chi connectivity index (χ0) is 16.6. The van der Waals surface area contributed by atoms with Crippen molar-refractivity contribution in [2.24, 2.45) is 5.10 Å². The van der Waals surface area contributed by atoms with Gasteiger partial charge in [0.1, 0.15) is 11.6 Å². The SMILES string of the molecule is Cc1nc2ccccc2c(=O)n1/N=C/c1c(O)cc(Br)cc1Br. The third kappa shape index (κ3) is 3.07. The van der Waals surface area contributed by atoms with E-state index in [4.69, 9.17) is 0 Å². The Morgan fingerprint density at radius 2 is 2.00 bits per heavy atom. The summed E-state index contributed by atoms with van der Waals surface area (Å²) < 4.78 is 2.61. The molecular formula is C16H11Br2N3O2. The van der Waals surface area contributed by atoms with Crippen molar-refractivity contribution in [3.63, 3.8) is 0 Å². The fraction of sp³-hybridized carbons (Fsp3) is 0.0625. The summed E-state index contributed by atoms with van der Waals surface area (Å²) in [5.41, 5.74) is 0.860. The fourth-order valence-corrected chi connectivity index (χ4v) is 3.49. The van der Waals surface area contributed by atoms with E-state index in [0.29, 0.717) is 26.8 Å². The van der Waals surface area contributed by atoms with E-state index in [-0.39, 0.29) is 11.3 Å². The van der Waals surface area contributed by atoms with Crippen LogP contribution in [0.5, 0.6) is 5.75 Å². The number of hydrogen-bond donors (Lipinski definition) is 1. The molecule has 23 heavy (non-hydrogen) atoms. The number of fused-ring (bicyclic) bond motifs is 1. The van der Waals surface area contributed by atoms with Gasteiger partial charge < -0.3 is 5.11 Å². The summed E-state index contributed by atoms with van der Waals surface area (Å²) >= 11 is 6.66. The largest absolute Gasteiger partial charge is 0.507 e. The lowest BCUT2D eigenvalue weighted by Crippen LogP contribution is -2.20. The summed E-state index contributed by atoms with van der Waals surface area (Å²) in [6, 6.07) is 10.5. The number of hydrogen-bond acceptors (Lipinski definition) is 4. The topological polar surface area (TPSA) is 67.5 Å². The van der Waals surface area contributed by atoms with Crippen LogP contribution in [0.2, 0.25) is 0 Å². The zero-order valence-electron chi connectivity index (χ0n) is 12.0. The second-order valence-electron chi connectivity index (χ2n) is 4.86. The molecule has 0 aliphatic carbocycles. The minimum Gasteiger partial charge on any atom is -0.507 e. The van der Waals surface area contributed by atoms with Gasteiger partial charge in [0.15, 0.2) is 0 Å². The monoisotopic (exact) mass is 435 g/mol. The van der Waals surface area contributed by atoms with Gasteiger partial charge in [-0.2, -0.15) is 9.78 Å². The highest BCUT2D eigenvalue weighted by atomic mass is 79.9. The van der Waals surface area contributed by atoms with E-state index in [9.17, 15) is 9.90 Å². The van der Waals surface area contributed by atoms with Crippen molar-refractivity contribution in [1.29, 1.82) is 0 Å². The van der Waals surface area contributed by atoms with Crippen LogP contribution in [0.3, 0.4) is 0 Å². The van der Waals surface area contributed by atoms with Crippen molar-refractivity contribution in [2.75, 3.05) is 0 Å². The maximum atomic E-state index is 12.5. The Labute approximate surface area is 148 Å². The Kier molecular flexibility index (Phi) is 4.32. The molecule has 0 saturated carbocycles. The van der Waals surface area contributed by atoms with Crippen LogP contribution in [-0.2, 0) is 0 Å². The summed E-state index contributed by atoms with van der Waals surface area (Å²) in [5.74, 6) is 0.520. The van der Waals surface area contributed by atoms with Crippen LogP contribution in [0.1, 0.15) is 11.4 Å². The van der Waals surface area contributed by atoms with Crippen LogP contribution in [0, 0.1) is 6.92 Å². The number of benzene rings is 2. The highest BCUT2D eigenvalue weighted by molar-refractivity contribution is 9.11. The van der Waals surface area contributed by atoms with E-state index in [1.54, 1.807) is 37.3 Å². The molecule has 0 spiro atoms. The third-order valence-corrected chi connectivity index (χ3v) is 4.40. The highest BCUT2D eigenvalue weighted by Crippen LogP contribution is 2.29. The predicted octanol–water partition coefficient (Wildman–Crippen LogP) is 3.82. The minimum absolute atomic E-state index is 0.0504. The van der Waals surface area contributed by atoms with Gasteiger partial charge in [-0.15, -0.1) is 0 Å². The van der Waals surface area contributed by atoms with Gasteiger partial charge >= 0.3 is 0 Å². The molecule has 3 aromatic rings.